The zero-order chi connectivity index (χ0) is 61.2. The smallest absolute Gasteiger partial charge is 0.220 e. The fourth-order valence-electron chi connectivity index (χ4n) is 10.2. The Kier molecular flexibility index (Phi) is 42.1. The number of rotatable bonds is 46. The molecule has 3 aliphatic rings. The van der Waals surface area contributed by atoms with E-state index in [1.54, 1.807) is 6.08 Å². The van der Waals surface area contributed by atoms with Gasteiger partial charge in [-0.1, -0.05) is 182 Å². The van der Waals surface area contributed by atoms with Crippen LogP contribution in [0.4, 0.5) is 0 Å². The first-order chi connectivity index (χ1) is 40.8. The van der Waals surface area contributed by atoms with E-state index in [0.717, 1.165) is 89.9 Å². The van der Waals surface area contributed by atoms with Crippen molar-refractivity contribution in [2.24, 2.45) is 0 Å². The second-order valence-corrected chi connectivity index (χ2v) is 22.5. The molecular formula is C65H111NO18. The van der Waals surface area contributed by atoms with E-state index in [9.17, 15) is 61.0 Å². The maximum absolute atomic E-state index is 13.4. The predicted molar refractivity (Wildman–Crippen MR) is 323 cm³/mol. The van der Waals surface area contributed by atoms with E-state index in [-0.39, 0.29) is 18.9 Å². The highest BCUT2D eigenvalue weighted by molar-refractivity contribution is 5.76. The van der Waals surface area contributed by atoms with Gasteiger partial charge in [0.1, 0.15) is 73.2 Å². The summed E-state index contributed by atoms with van der Waals surface area (Å²) in [6.45, 7) is 1.56. The van der Waals surface area contributed by atoms with Crippen LogP contribution in [0.5, 0.6) is 0 Å². The summed E-state index contributed by atoms with van der Waals surface area (Å²) in [5.41, 5.74) is 0. The van der Waals surface area contributed by atoms with Crippen molar-refractivity contribution in [2.45, 2.75) is 291 Å². The second-order valence-electron chi connectivity index (χ2n) is 22.5. The Bertz CT molecular complexity index is 1860. The molecule has 3 aliphatic heterocycles. The Morgan fingerprint density at radius 1 is 0.440 bits per heavy atom. The minimum absolute atomic E-state index is 0.218. The van der Waals surface area contributed by atoms with Crippen LogP contribution in [0.1, 0.15) is 187 Å². The van der Waals surface area contributed by atoms with Crippen molar-refractivity contribution in [2.75, 3.05) is 26.4 Å². The maximum atomic E-state index is 13.4. The summed E-state index contributed by atoms with van der Waals surface area (Å²) in [6.07, 6.45) is 31.2. The molecule has 484 valence electrons. The first-order valence-electron chi connectivity index (χ1n) is 31.8. The van der Waals surface area contributed by atoms with Crippen molar-refractivity contribution in [3.05, 3.63) is 85.1 Å². The van der Waals surface area contributed by atoms with Crippen molar-refractivity contribution in [3.8, 4) is 0 Å². The molecule has 0 aromatic heterocycles. The number of nitrogens with one attached hydrogen (secondary N) is 1. The van der Waals surface area contributed by atoms with Crippen LogP contribution in [0.3, 0.4) is 0 Å². The van der Waals surface area contributed by atoms with Crippen LogP contribution >= 0.6 is 0 Å². The van der Waals surface area contributed by atoms with Gasteiger partial charge < -0.3 is 89.9 Å². The van der Waals surface area contributed by atoms with Crippen molar-refractivity contribution in [3.63, 3.8) is 0 Å². The molecule has 0 bridgehead atoms. The largest absolute Gasteiger partial charge is 0.394 e. The Labute approximate surface area is 501 Å². The van der Waals surface area contributed by atoms with Gasteiger partial charge in [-0.25, -0.2) is 0 Å². The van der Waals surface area contributed by atoms with Gasteiger partial charge in [0.25, 0.3) is 0 Å². The van der Waals surface area contributed by atoms with Gasteiger partial charge in [0.15, 0.2) is 18.9 Å². The van der Waals surface area contributed by atoms with E-state index in [4.69, 9.17) is 28.4 Å². The number of aliphatic hydroxyl groups excluding tert-OH is 11. The average Bonchev–Trinajstić information content (AvgIpc) is 2.76. The number of unbranched alkanes of at least 4 members (excludes halogenated alkanes) is 18. The Morgan fingerprint density at radius 2 is 0.833 bits per heavy atom. The third-order valence-corrected chi connectivity index (χ3v) is 15.4. The van der Waals surface area contributed by atoms with Gasteiger partial charge in [-0.05, 0) is 83.5 Å². The maximum Gasteiger partial charge on any atom is 0.220 e. The van der Waals surface area contributed by atoms with Gasteiger partial charge in [0, 0.05) is 6.42 Å². The highest BCUT2D eigenvalue weighted by Gasteiger charge is 2.53. The van der Waals surface area contributed by atoms with Crippen molar-refractivity contribution >= 4 is 5.91 Å². The van der Waals surface area contributed by atoms with Gasteiger partial charge in [0.2, 0.25) is 5.91 Å². The van der Waals surface area contributed by atoms with Crippen LogP contribution < -0.4 is 5.32 Å². The summed E-state index contributed by atoms with van der Waals surface area (Å²) < 4.78 is 34.2. The fraction of sp³-hybridized carbons (Fsp3) is 0.769. The third-order valence-electron chi connectivity index (χ3n) is 15.4. The molecule has 0 aromatic rings. The van der Waals surface area contributed by atoms with Crippen LogP contribution in [-0.2, 0) is 33.2 Å². The molecule has 12 N–H and O–H groups in total. The first-order valence-corrected chi connectivity index (χ1v) is 31.8. The highest BCUT2D eigenvalue weighted by Crippen LogP contribution is 2.33. The number of ether oxygens (including phenoxy) is 6. The summed E-state index contributed by atoms with van der Waals surface area (Å²) >= 11 is 0. The summed E-state index contributed by atoms with van der Waals surface area (Å²) in [6, 6.07) is -1.01. The molecule has 3 rings (SSSR count). The molecule has 3 fully saturated rings. The zero-order valence-corrected chi connectivity index (χ0v) is 50.6. The molecule has 17 atom stereocenters. The molecular weight excluding hydrogens is 1080 g/mol. The van der Waals surface area contributed by atoms with Gasteiger partial charge in [-0.15, -0.1) is 0 Å². The van der Waals surface area contributed by atoms with Crippen LogP contribution in [-0.4, -0.2) is 193 Å². The Balaban J connectivity index is 1.50. The lowest BCUT2D eigenvalue weighted by atomic mass is 9.96. The molecule has 0 saturated carbocycles. The number of hydrogen-bond acceptors (Lipinski definition) is 18. The minimum atomic E-state index is -1.99. The summed E-state index contributed by atoms with van der Waals surface area (Å²) in [7, 11) is 0. The number of carbonyl (C=O) groups excluding carboxylic acids is 1. The van der Waals surface area contributed by atoms with E-state index in [0.29, 0.717) is 12.8 Å². The lowest BCUT2D eigenvalue weighted by Crippen LogP contribution is -2.66. The SMILES string of the molecule is CC/C=C\C/C=C\C/C=C\C/C=C\CCCCCCCCCCC(=O)NC(COC1OC(CO)C(OC2OC(CO)C(OC3OC(CO)C(O)C(O)C3O)C(O)C2O)C(O)C1O)C(O)/C=C/CC/C=C/CC/C=C/CCCCCCCCCC. The molecule has 1 amide bonds. The van der Waals surface area contributed by atoms with E-state index in [1.165, 1.54) is 64.2 Å². The fourth-order valence-corrected chi connectivity index (χ4v) is 10.2. The van der Waals surface area contributed by atoms with Crippen LogP contribution in [0.2, 0.25) is 0 Å². The number of amides is 1. The van der Waals surface area contributed by atoms with Crippen molar-refractivity contribution in [1.29, 1.82) is 0 Å². The van der Waals surface area contributed by atoms with E-state index < -0.39 is 124 Å². The van der Waals surface area contributed by atoms with Crippen LogP contribution in [0.25, 0.3) is 0 Å². The van der Waals surface area contributed by atoms with Gasteiger partial charge in [0.05, 0.1) is 38.6 Å². The molecule has 3 heterocycles. The Morgan fingerprint density at radius 3 is 1.33 bits per heavy atom. The van der Waals surface area contributed by atoms with Gasteiger partial charge in [-0.2, -0.15) is 0 Å². The number of aliphatic hydroxyl groups is 11. The highest BCUT2D eigenvalue weighted by atomic mass is 16.8. The summed E-state index contributed by atoms with van der Waals surface area (Å²) in [5, 5.41) is 120. The van der Waals surface area contributed by atoms with Gasteiger partial charge in [-0.3, -0.25) is 4.79 Å². The third kappa shape index (κ3) is 29.8. The molecule has 19 nitrogen and oxygen atoms in total. The standard InChI is InChI=1S/C65H111NO18/c1-3-5-7-9-11-13-15-17-19-21-23-24-25-27-29-31-33-35-37-39-41-43-53(71)66-48(49(70)42-40-38-36-34-32-30-28-26-22-20-18-16-14-12-10-8-6-4-2)47-79-63-59(77)56(74)61(51(45-68)81-63)84-65-60(78)57(75)62(52(46-69)82-65)83-64-58(76)55(73)54(72)50(44-67)80-64/h5,7,11,13,17,19,22-24,26,32,34,40,42,48-52,54-65,67-70,72-78H,3-4,6,8-10,12,14-16,18,20-21,25,27-31,33,35-39,41,43-47H2,1-2H3,(H,66,71)/b7-5-,13-11-,19-17-,24-23-,26-22+,34-32+,42-40+. The second kappa shape index (κ2) is 47.0. The summed E-state index contributed by atoms with van der Waals surface area (Å²) in [5.74, 6) is -0.302. The molecule has 0 aromatic carbocycles. The first kappa shape index (κ1) is 75.2. The number of allylic oxidation sites excluding steroid dienone is 13. The monoisotopic (exact) mass is 1190 g/mol. The van der Waals surface area contributed by atoms with Crippen molar-refractivity contribution in [1.82, 2.24) is 5.32 Å². The molecule has 0 radical (unpaired) electrons. The number of carbonyl (C=O) groups is 1. The normalized spacial score (nSPS) is 29.8. The molecule has 3 saturated heterocycles. The molecule has 0 aliphatic carbocycles. The molecule has 84 heavy (non-hydrogen) atoms. The molecule has 17 unspecified atom stereocenters. The Hall–Kier alpha value is -3.03. The molecule has 19 heteroatoms. The number of hydrogen-bond donors (Lipinski definition) is 12. The quantitative estimate of drug-likeness (QED) is 0.0221. The predicted octanol–water partition coefficient (Wildman–Crippen LogP) is 6.76. The zero-order valence-electron chi connectivity index (χ0n) is 50.6. The topological polar surface area (TPSA) is 307 Å². The van der Waals surface area contributed by atoms with E-state index in [2.05, 4.69) is 92.1 Å². The van der Waals surface area contributed by atoms with Gasteiger partial charge >= 0.3 is 0 Å². The average molecular weight is 1190 g/mol. The minimum Gasteiger partial charge on any atom is -0.394 e. The van der Waals surface area contributed by atoms with E-state index in [1.807, 2.05) is 6.08 Å². The van der Waals surface area contributed by atoms with E-state index >= 15 is 0 Å². The van der Waals surface area contributed by atoms with Crippen molar-refractivity contribution < 1.29 is 89.4 Å². The van der Waals surface area contributed by atoms with Crippen LogP contribution in [0, 0.1) is 0 Å². The lowest BCUT2D eigenvalue weighted by molar-refractivity contribution is -0.379. The van der Waals surface area contributed by atoms with Crippen LogP contribution in [0.15, 0.2) is 85.1 Å². The molecule has 0 spiro atoms. The lowest BCUT2D eigenvalue weighted by Gasteiger charge is -2.48. The summed E-state index contributed by atoms with van der Waals surface area (Å²) in [4.78, 5) is 13.4.